The molecule has 1 aliphatic rings. The van der Waals surface area contributed by atoms with Crippen molar-refractivity contribution in [3.8, 4) is 0 Å². The van der Waals surface area contributed by atoms with Crippen molar-refractivity contribution in [2.75, 3.05) is 13.2 Å². The molecule has 9 atom stereocenters. The van der Waals surface area contributed by atoms with Crippen molar-refractivity contribution < 1.29 is 82.0 Å². The minimum absolute atomic E-state index is 0.0494. The molecule has 17 nitrogen and oxygen atoms in total. The number of allylic oxidation sites excluding steroid dienone is 9. The van der Waals surface area contributed by atoms with Crippen LogP contribution >= 0.6 is 15.6 Å². The number of aliphatic hydroxyl groups excluding tert-OH is 5. The first-order chi connectivity index (χ1) is 31.5. The smallest absolute Gasteiger partial charge is 0.462 e. The number of aliphatic hydroxyl groups is 5. The van der Waals surface area contributed by atoms with Crippen LogP contribution in [0.5, 0.6) is 0 Å². The second-order valence-electron chi connectivity index (χ2n) is 16.6. The average Bonchev–Trinajstić information content (AvgIpc) is 3.26. The van der Waals surface area contributed by atoms with Gasteiger partial charge < -0.3 is 49.7 Å². The highest BCUT2D eigenvalue weighted by Gasteiger charge is 2.54. The number of rotatable bonds is 39. The van der Waals surface area contributed by atoms with Crippen molar-refractivity contribution in [3.63, 3.8) is 0 Å². The van der Waals surface area contributed by atoms with E-state index in [9.17, 15) is 58.9 Å². The van der Waals surface area contributed by atoms with Gasteiger partial charge in [-0.25, -0.2) is 9.13 Å². The first-order valence-electron chi connectivity index (χ1n) is 23.9. The van der Waals surface area contributed by atoms with Gasteiger partial charge in [-0.1, -0.05) is 132 Å². The zero-order chi connectivity index (χ0) is 49.1. The van der Waals surface area contributed by atoms with Crippen LogP contribution in [0.4, 0.5) is 0 Å². The summed E-state index contributed by atoms with van der Waals surface area (Å²) in [5, 5.41) is 51.0. The van der Waals surface area contributed by atoms with Crippen molar-refractivity contribution in [1.29, 1.82) is 0 Å². The molecule has 8 N–H and O–H groups in total. The number of hydrogen-bond acceptors (Lipinski definition) is 14. The zero-order valence-electron chi connectivity index (χ0n) is 39.2. The molecule has 0 saturated heterocycles. The lowest BCUT2D eigenvalue weighted by atomic mass is 9.85. The highest BCUT2D eigenvalue weighted by molar-refractivity contribution is 7.47. The Morgan fingerprint density at radius 2 is 1.03 bits per heavy atom. The molecule has 0 aromatic carbocycles. The van der Waals surface area contributed by atoms with Crippen LogP contribution in [0, 0.1) is 0 Å². The van der Waals surface area contributed by atoms with Crippen LogP contribution in [0.25, 0.3) is 0 Å². The van der Waals surface area contributed by atoms with E-state index in [-0.39, 0.29) is 18.9 Å². The lowest BCUT2D eigenvalue weighted by Crippen LogP contribution is -2.64. The molecule has 6 unspecified atom stereocenters. The lowest BCUT2D eigenvalue weighted by Gasteiger charge is -2.43. The minimum Gasteiger partial charge on any atom is -0.462 e. The van der Waals surface area contributed by atoms with E-state index in [0.29, 0.717) is 32.1 Å². The van der Waals surface area contributed by atoms with E-state index in [0.717, 1.165) is 77.0 Å². The Morgan fingerprint density at radius 3 is 1.61 bits per heavy atom. The molecule has 382 valence electrons. The molecule has 0 aromatic rings. The molecule has 0 heterocycles. The van der Waals surface area contributed by atoms with Crippen LogP contribution < -0.4 is 0 Å². The summed E-state index contributed by atoms with van der Waals surface area (Å²) in [5.41, 5.74) is 0. The van der Waals surface area contributed by atoms with Gasteiger partial charge in [-0.05, 0) is 77.0 Å². The molecular formula is C47H82O17P2. The number of carbonyl (C=O) groups excluding carboxylic acids is 2. The molecule has 0 radical (unpaired) electrons. The number of phosphoric acid groups is 2. The van der Waals surface area contributed by atoms with Crippen LogP contribution in [-0.4, -0.2) is 114 Å². The molecule has 0 amide bonds. The normalized spacial score (nSPS) is 22.5. The summed E-state index contributed by atoms with van der Waals surface area (Å²) in [4.78, 5) is 54.3. The third-order valence-corrected chi connectivity index (χ3v) is 12.1. The third kappa shape index (κ3) is 31.7. The third-order valence-electron chi connectivity index (χ3n) is 10.6. The topological polar surface area (TPSA) is 276 Å². The minimum atomic E-state index is -5.38. The van der Waals surface area contributed by atoms with Crippen LogP contribution in [0.1, 0.15) is 162 Å². The molecule has 1 rings (SSSR count). The second kappa shape index (κ2) is 37.5. The van der Waals surface area contributed by atoms with Crippen LogP contribution in [0.2, 0.25) is 0 Å². The Balaban J connectivity index is 2.64. The van der Waals surface area contributed by atoms with Gasteiger partial charge in [0.2, 0.25) is 0 Å². The van der Waals surface area contributed by atoms with E-state index in [1.165, 1.54) is 25.7 Å². The first-order valence-corrected chi connectivity index (χ1v) is 26.9. The van der Waals surface area contributed by atoms with E-state index in [2.05, 4.69) is 35.8 Å². The number of unbranched alkanes of at least 4 members (excludes halogenated alkanes) is 12. The average molecular weight is 981 g/mol. The van der Waals surface area contributed by atoms with Gasteiger partial charge in [0.25, 0.3) is 0 Å². The maximum Gasteiger partial charge on any atom is 0.472 e. The summed E-state index contributed by atoms with van der Waals surface area (Å²) >= 11 is 0. The van der Waals surface area contributed by atoms with Crippen molar-refractivity contribution in [2.24, 2.45) is 0 Å². The van der Waals surface area contributed by atoms with Crippen molar-refractivity contribution >= 4 is 27.6 Å². The second-order valence-corrected chi connectivity index (χ2v) is 19.2. The van der Waals surface area contributed by atoms with Gasteiger partial charge in [0.05, 0.1) is 12.7 Å². The Morgan fingerprint density at radius 1 is 0.545 bits per heavy atom. The largest absolute Gasteiger partial charge is 0.472 e. The molecular weight excluding hydrogens is 898 g/mol. The van der Waals surface area contributed by atoms with E-state index < -0.39 is 83.5 Å². The maximum atomic E-state index is 13.0. The molecule has 0 spiro atoms. The number of esters is 2. The van der Waals surface area contributed by atoms with E-state index in [4.69, 9.17) is 18.5 Å². The lowest BCUT2D eigenvalue weighted by molar-refractivity contribution is -0.216. The fourth-order valence-electron chi connectivity index (χ4n) is 6.91. The SMILES string of the molecule is CCCCCC/C=C\CCCCCCCCCC(=O)OC[C@H](COP(=O)(O)O[C@H]1C(O)C(O)C(O)[C@@H](OP(=O)(O)O)C1O)OC(=O)CCC/C=C\C/C=C\C/C=C\C/C=C\CC(O)CCC. The Labute approximate surface area is 392 Å². The Bertz CT molecular complexity index is 1530. The van der Waals surface area contributed by atoms with Gasteiger partial charge in [0.1, 0.15) is 43.2 Å². The number of ether oxygens (including phenoxy) is 2. The van der Waals surface area contributed by atoms with Crippen molar-refractivity contribution in [3.05, 3.63) is 60.8 Å². The molecule has 0 aliphatic heterocycles. The van der Waals surface area contributed by atoms with Crippen molar-refractivity contribution in [1.82, 2.24) is 0 Å². The monoisotopic (exact) mass is 981 g/mol. The van der Waals surface area contributed by atoms with E-state index in [1.54, 1.807) is 0 Å². The predicted octanol–water partition coefficient (Wildman–Crippen LogP) is 8.03. The van der Waals surface area contributed by atoms with Crippen molar-refractivity contribution in [2.45, 2.75) is 210 Å². The number of carbonyl (C=O) groups is 2. The molecule has 0 bridgehead atoms. The number of phosphoric ester groups is 2. The summed E-state index contributed by atoms with van der Waals surface area (Å²) in [5.74, 6) is -1.30. The Hall–Kier alpha value is -2.34. The summed E-state index contributed by atoms with van der Waals surface area (Å²) in [6.07, 6.45) is 25.3. The van der Waals surface area contributed by atoms with E-state index >= 15 is 0 Å². The van der Waals surface area contributed by atoms with Gasteiger partial charge in [-0.3, -0.25) is 23.2 Å². The van der Waals surface area contributed by atoms with E-state index in [1.807, 2.05) is 43.4 Å². The quantitative estimate of drug-likeness (QED) is 0.0125. The van der Waals surface area contributed by atoms with Gasteiger partial charge in [-0.2, -0.15) is 0 Å². The zero-order valence-corrected chi connectivity index (χ0v) is 41.0. The molecule has 1 aliphatic carbocycles. The highest BCUT2D eigenvalue weighted by Crippen LogP contribution is 2.49. The fourth-order valence-corrected chi connectivity index (χ4v) is 8.45. The summed E-state index contributed by atoms with van der Waals surface area (Å²) < 4.78 is 49.3. The predicted molar refractivity (Wildman–Crippen MR) is 252 cm³/mol. The maximum absolute atomic E-state index is 13.0. The summed E-state index contributed by atoms with van der Waals surface area (Å²) in [7, 11) is -10.7. The molecule has 19 heteroatoms. The Kier molecular flexibility index (Phi) is 35.1. The first kappa shape index (κ1) is 61.7. The molecule has 1 fully saturated rings. The van der Waals surface area contributed by atoms with Crippen LogP contribution in [-0.2, 0) is 41.8 Å². The summed E-state index contributed by atoms with van der Waals surface area (Å²) in [6, 6.07) is 0. The molecule has 1 saturated carbocycles. The van der Waals surface area contributed by atoms with Gasteiger partial charge in [0.15, 0.2) is 6.10 Å². The van der Waals surface area contributed by atoms with Crippen LogP contribution in [0.3, 0.4) is 0 Å². The standard InChI is InChI=1S/C47H82O17P2/c1-3-5-6-7-8-9-10-11-12-15-18-21-24-27-30-34-40(49)60-36-39(37-61-66(58,59)64-47-44(53)42(51)43(52)46(45(47)54)63-65(55,56)57)62-41(50)35-31-28-25-22-19-16-13-14-17-20-23-26-29-33-38(48)32-4-2/h9-10,13,16-17,20,22,25-26,29,38-39,42-48,51-54H,3-8,11-12,14-15,18-19,21,23-24,27-28,30-37H2,1-2H3,(H,58,59)(H2,55,56,57)/b10-9-,16-13-,20-17-,25-22-,29-26-/t38?,39-,42?,43?,44?,45?,46-,47+/m1/s1. The highest BCUT2D eigenvalue weighted by atomic mass is 31.2. The molecule has 0 aromatic heterocycles. The number of hydrogen-bond donors (Lipinski definition) is 8. The molecule has 66 heavy (non-hydrogen) atoms. The van der Waals surface area contributed by atoms with Crippen LogP contribution in [0.15, 0.2) is 60.8 Å². The van der Waals surface area contributed by atoms with Gasteiger partial charge >= 0.3 is 27.6 Å². The fraction of sp³-hybridized carbons (Fsp3) is 0.745. The van der Waals surface area contributed by atoms with Gasteiger partial charge in [0, 0.05) is 12.8 Å². The van der Waals surface area contributed by atoms with Gasteiger partial charge in [-0.15, -0.1) is 0 Å². The summed E-state index contributed by atoms with van der Waals surface area (Å²) in [6.45, 7) is 2.84.